The number of halogens is 7. The zero-order valence-electron chi connectivity index (χ0n) is 28.4. The lowest BCUT2D eigenvalue weighted by molar-refractivity contribution is -0.150. The van der Waals surface area contributed by atoms with E-state index in [0.29, 0.717) is 20.9 Å². The molecule has 0 saturated heterocycles. The van der Waals surface area contributed by atoms with Gasteiger partial charge in [-0.2, -0.15) is 0 Å². The topological polar surface area (TPSA) is 195 Å². The molecule has 0 fully saturated rings. The van der Waals surface area contributed by atoms with Gasteiger partial charge in [-0.05, 0) is 58.8 Å². The predicted octanol–water partition coefficient (Wildman–Crippen LogP) is 9.32. The first-order valence-corrected chi connectivity index (χ1v) is 17.3. The SMILES string of the molecule is CC(C)c1cc(Oc2c(Cl)cc(N)cc2Cl)nnc1Cl.COC(=O)C(=O)Cl.COC(=O)C(=O)Nc1cc(Cl)c(Oc2cc(C(C)C)c(Cl)nn2)c(Cl)c1. The van der Waals surface area contributed by atoms with Crippen molar-refractivity contribution >= 4 is 116 Å². The van der Waals surface area contributed by atoms with Crippen molar-refractivity contribution in [2.45, 2.75) is 39.5 Å². The van der Waals surface area contributed by atoms with Crippen LogP contribution < -0.4 is 20.5 Å². The molecule has 0 aliphatic carbocycles. The molecule has 284 valence electrons. The van der Waals surface area contributed by atoms with Gasteiger partial charge in [0.1, 0.15) is 0 Å². The number of methoxy groups -OCH3 is 2. The highest BCUT2D eigenvalue weighted by Crippen LogP contribution is 2.40. The van der Waals surface area contributed by atoms with Crippen molar-refractivity contribution in [2.24, 2.45) is 0 Å². The van der Waals surface area contributed by atoms with Gasteiger partial charge < -0.3 is 30.0 Å². The summed E-state index contributed by atoms with van der Waals surface area (Å²) in [5.74, 6) is -1.89. The predicted molar refractivity (Wildman–Crippen MR) is 203 cm³/mol. The third kappa shape index (κ3) is 13.8. The minimum atomic E-state index is -1.09. The number of nitrogen functional groups attached to an aromatic ring is 1. The molecule has 1 amide bonds. The van der Waals surface area contributed by atoms with Gasteiger partial charge in [0.25, 0.3) is 0 Å². The number of rotatable bonds is 8. The molecule has 4 rings (SSSR count). The van der Waals surface area contributed by atoms with Crippen molar-refractivity contribution in [3.8, 4) is 23.3 Å². The monoisotopic (exact) mass is 870 g/mol. The van der Waals surface area contributed by atoms with E-state index in [1.807, 2.05) is 27.7 Å². The quantitative estimate of drug-likeness (QED) is 0.0737. The molecule has 0 aliphatic rings. The minimum absolute atomic E-state index is 0.0977. The van der Waals surface area contributed by atoms with Gasteiger partial charge in [0.05, 0.1) is 34.3 Å². The molecule has 3 N–H and O–H groups in total. The maximum absolute atomic E-state index is 11.5. The normalized spacial score (nSPS) is 10.3. The third-order valence-corrected chi connectivity index (χ3v) is 8.02. The van der Waals surface area contributed by atoms with E-state index < -0.39 is 23.1 Å². The molecule has 0 spiro atoms. The molecule has 0 atom stereocenters. The maximum Gasteiger partial charge on any atom is 0.396 e. The van der Waals surface area contributed by atoms with Crippen LogP contribution in [0, 0.1) is 0 Å². The van der Waals surface area contributed by atoms with Gasteiger partial charge in [0.2, 0.25) is 11.8 Å². The summed E-state index contributed by atoms with van der Waals surface area (Å²) in [5.41, 5.74) is 7.88. The Labute approximate surface area is 338 Å². The van der Waals surface area contributed by atoms with E-state index in [0.717, 1.165) is 25.3 Å². The number of aromatic nitrogens is 4. The second-order valence-electron chi connectivity index (χ2n) is 10.7. The zero-order chi connectivity index (χ0) is 40.2. The fourth-order valence-corrected chi connectivity index (χ4v) is 5.47. The largest absolute Gasteiger partial charge is 0.462 e. The number of benzene rings is 2. The van der Waals surface area contributed by atoms with E-state index in [-0.39, 0.29) is 56.0 Å². The maximum atomic E-state index is 11.5. The van der Waals surface area contributed by atoms with Crippen LogP contribution >= 0.6 is 81.2 Å². The van der Waals surface area contributed by atoms with Crippen molar-refractivity contribution < 1.29 is 38.1 Å². The molecule has 0 aliphatic heterocycles. The third-order valence-electron chi connectivity index (χ3n) is 6.16. The van der Waals surface area contributed by atoms with Crippen molar-refractivity contribution in [1.82, 2.24) is 20.4 Å². The minimum Gasteiger partial charge on any atom is -0.462 e. The molecule has 0 bridgehead atoms. The fourth-order valence-electron chi connectivity index (χ4n) is 3.62. The Balaban J connectivity index is 0.000000318. The number of esters is 2. The van der Waals surface area contributed by atoms with Gasteiger partial charge in [0, 0.05) is 23.5 Å². The summed E-state index contributed by atoms with van der Waals surface area (Å²) in [6, 6.07) is 9.19. The number of nitrogens with one attached hydrogen (secondary N) is 1. The zero-order valence-corrected chi connectivity index (χ0v) is 33.7. The number of carbonyl (C=O) groups is 4. The van der Waals surface area contributed by atoms with Crippen LogP contribution in [-0.4, -0.2) is 57.7 Å². The number of amides is 1. The number of anilines is 2. The van der Waals surface area contributed by atoms with E-state index in [2.05, 4.69) is 46.8 Å². The molecule has 21 heteroatoms. The fraction of sp³-hybridized carbons (Fsp3) is 0.250. The van der Waals surface area contributed by atoms with E-state index in [9.17, 15) is 19.2 Å². The Bertz CT molecular complexity index is 1940. The van der Waals surface area contributed by atoms with Crippen LogP contribution in [0.15, 0.2) is 36.4 Å². The number of nitrogens with zero attached hydrogens (tertiary/aromatic N) is 4. The summed E-state index contributed by atoms with van der Waals surface area (Å²) in [7, 11) is 2.18. The Hall–Kier alpha value is -3.89. The van der Waals surface area contributed by atoms with E-state index >= 15 is 0 Å². The average molecular weight is 874 g/mol. The van der Waals surface area contributed by atoms with Crippen molar-refractivity contribution in [1.29, 1.82) is 0 Å². The van der Waals surface area contributed by atoms with Crippen LogP contribution in [0.2, 0.25) is 30.4 Å². The second-order valence-corrected chi connectivity index (χ2v) is 13.4. The summed E-state index contributed by atoms with van der Waals surface area (Å²) < 4.78 is 19.4. The van der Waals surface area contributed by atoms with E-state index in [1.54, 1.807) is 24.3 Å². The number of hydrogen-bond donors (Lipinski definition) is 2. The first kappa shape index (κ1) is 45.3. The van der Waals surface area contributed by atoms with Crippen LogP contribution in [0.4, 0.5) is 11.4 Å². The molecular formula is C32H29Cl7N6O8. The highest BCUT2D eigenvalue weighted by atomic mass is 35.5. The highest BCUT2D eigenvalue weighted by Gasteiger charge is 2.19. The number of hydrogen-bond acceptors (Lipinski definition) is 13. The lowest BCUT2D eigenvalue weighted by Gasteiger charge is -2.13. The van der Waals surface area contributed by atoms with Gasteiger partial charge in [0.15, 0.2) is 21.8 Å². The summed E-state index contributed by atoms with van der Waals surface area (Å²) in [5, 5.41) is 18.1. The summed E-state index contributed by atoms with van der Waals surface area (Å²) in [6.07, 6.45) is 0. The lowest BCUT2D eigenvalue weighted by Crippen LogP contribution is -2.23. The summed E-state index contributed by atoms with van der Waals surface area (Å²) in [6.45, 7) is 7.89. The summed E-state index contributed by atoms with van der Waals surface area (Å²) >= 11 is 41.0. The molecule has 0 saturated carbocycles. The smallest absolute Gasteiger partial charge is 0.396 e. The molecule has 2 aromatic carbocycles. The van der Waals surface area contributed by atoms with Crippen molar-refractivity contribution in [2.75, 3.05) is 25.3 Å². The lowest BCUT2D eigenvalue weighted by atomic mass is 10.1. The average Bonchev–Trinajstić information content (AvgIpc) is 3.08. The Morgan fingerprint density at radius 3 is 1.32 bits per heavy atom. The van der Waals surface area contributed by atoms with E-state index in [4.69, 9.17) is 84.8 Å². The molecular weight excluding hydrogens is 845 g/mol. The molecule has 4 aromatic rings. The Kier molecular flexibility index (Phi) is 18.0. The van der Waals surface area contributed by atoms with Gasteiger partial charge in [-0.1, -0.05) is 97.3 Å². The molecule has 0 unspecified atom stereocenters. The number of carbonyl (C=O) groups excluding carboxylic acids is 4. The highest BCUT2D eigenvalue weighted by molar-refractivity contribution is 6.80. The second kappa shape index (κ2) is 21.1. The molecule has 2 aromatic heterocycles. The van der Waals surface area contributed by atoms with Gasteiger partial charge in [-0.3, -0.25) is 9.59 Å². The van der Waals surface area contributed by atoms with Crippen LogP contribution in [0.5, 0.6) is 23.3 Å². The van der Waals surface area contributed by atoms with Gasteiger partial charge in [-0.25, -0.2) is 9.59 Å². The van der Waals surface area contributed by atoms with Crippen LogP contribution in [0.25, 0.3) is 0 Å². The Morgan fingerprint density at radius 1 is 0.623 bits per heavy atom. The van der Waals surface area contributed by atoms with Crippen molar-refractivity contribution in [3.63, 3.8) is 0 Å². The number of nitrogens with two attached hydrogens (primary N) is 1. The molecule has 14 nitrogen and oxygen atoms in total. The Morgan fingerprint density at radius 2 is 1.00 bits per heavy atom. The van der Waals surface area contributed by atoms with Crippen LogP contribution in [0.1, 0.15) is 50.7 Å². The molecule has 53 heavy (non-hydrogen) atoms. The molecule has 2 heterocycles. The summed E-state index contributed by atoms with van der Waals surface area (Å²) in [4.78, 5) is 42.2. The standard InChI is InChI=1S/C16H14Cl3N3O4.C13H12Cl3N3O.C3H3ClO3/c1-7(2)9-6-12(21-22-14(9)19)26-13-10(17)4-8(5-11(13)18)20-15(23)16(24)25-3;1-6(2)8-5-11(18-19-13(8)16)20-12-9(14)3-7(17)4-10(12)15;1-7-3(6)2(4)5/h4-7H,1-3H3,(H,20,23);3-6H,17H2,1-2H3;1H3. The van der Waals surface area contributed by atoms with Gasteiger partial charge >= 0.3 is 23.1 Å². The molecule has 0 radical (unpaired) electrons. The first-order valence-electron chi connectivity index (χ1n) is 14.6. The number of ether oxygens (including phenoxy) is 4. The van der Waals surface area contributed by atoms with Crippen LogP contribution in [-0.2, 0) is 28.7 Å². The first-order chi connectivity index (χ1) is 24.8. The van der Waals surface area contributed by atoms with Crippen LogP contribution in [0.3, 0.4) is 0 Å². The van der Waals surface area contributed by atoms with E-state index in [1.165, 1.54) is 12.1 Å². The van der Waals surface area contributed by atoms with Gasteiger partial charge in [-0.15, -0.1) is 20.4 Å². The van der Waals surface area contributed by atoms with Crippen molar-refractivity contribution in [3.05, 3.63) is 77.9 Å².